The molecule has 142 valence electrons. The molecule has 0 saturated heterocycles. The number of nitrogens with one attached hydrogen (secondary N) is 1. The van der Waals surface area contributed by atoms with E-state index in [-0.39, 0.29) is 13.0 Å². The summed E-state index contributed by atoms with van der Waals surface area (Å²) in [7, 11) is 0. The van der Waals surface area contributed by atoms with Gasteiger partial charge in [-0.25, -0.2) is 4.79 Å². The lowest BCUT2D eigenvalue weighted by Crippen LogP contribution is -2.30. The Morgan fingerprint density at radius 3 is 2.71 bits per heavy atom. The van der Waals surface area contributed by atoms with Crippen LogP contribution in [-0.2, 0) is 20.9 Å². The highest BCUT2D eigenvalue weighted by atomic mass is 16.5. The number of anilines is 1. The van der Waals surface area contributed by atoms with Gasteiger partial charge in [0.2, 0.25) is 0 Å². The molecule has 0 aliphatic carbocycles. The molecule has 0 bridgehead atoms. The van der Waals surface area contributed by atoms with Crippen LogP contribution in [0.15, 0.2) is 57.7 Å². The Morgan fingerprint density at radius 1 is 1.21 bits per heavy atom. The number of fused-ring (bicyclic) bond motifs is 1. The molecule has 0 radical (unpaired) electrons. The van der Waals surface area contributed by atoms with Crippen molar-refractivity contribution in [3.8, 4) is 6.07 Å². The lowest BCUT2D eigenvalue weighted by molar-refractivity contribution is -0.153. The molecule has 0 aliphatic heterocycles. The molecule has 28 heavy (non-hydrogen) atoms. The minimum absolute atomic E-state index is 0.0697. The highest BCUT2D eigenvalue weighted by Gasteiger charge is 2.19. The highest BCUT2D eigenvalue weighted by Crippen LogP contribution is 2.15. The summed E-state index contributed by atoms with van der Waals surface area (Å²) in [4.78, 5) is 36.2. The number of benzene rings is 2. The second-order valence-electron chi connectivity index (χ2n) is 6.02. The first kappa shape index (κ1) is 18.9. The van der Waals surface area contributed by atoms with Gasteiger partial charge in [0.25, 0.3) is 5.91 Å². The van der Waals surface area contributed by atoms with Gasteiger partial charge in [0.05, 0.1) is 23.2 Å². The highest BCUT2D eigenvalue weighted by molar-refractivity contribution is 5.96. The van der Waals surface area contributed by atoms with Crippen molar-refractivity contribution in [2.45, 2.75) is 26.0 Å². The number of hydrogen-bond donors (Lipinski definition) is 1. The fourth-order valence-electron chi connectivity index (χ4n) is 2.66. The van der Waals surface area contributed by atoms with Crippen LogP contribution >= 0.6 is 0 Å². The molecule has 1 unspecified atom stereocenters. The first-order chi connectivity index (χ1) is 13.5. The summed E-state index contributed by atoms with van der Waals surface area (Å²) in [5.74, 6) is -1.75. The number of aryl methyl sites for hydroxylation is 1. The number of oxazole rings is 1. The van der Waals surface area contributed by atoms with Crippen LogP contribution < -0.4 is 11.1 Å². The first-order valence-corrected chi connectivity index (χ1v) is 8.57. The number of amides is 1. The van der Waals surface area contributed by atoms with E-state index >= 15 is 0 Å². The van der Waals surface area contributed by atoms with E-state index in [4.69, 9.17) is 14.4 Å². The summed E-state index contributed by atoms with van der Waals surface area (Å²) in [6, 6.07) is 15.4. The van der Waals surface area contributed by atoms with Gasteiger partial charge in [0.15, 0.2) is 11.7 Å². The lowest BCUT2D eigenvalue weighted by Gasteiger charge is -2.14. The van der Waals surface area contributed by atoms with Gasteiger partial charge in [-0.05, 0) is 31.2 Å². The standard InChI is InChI=1S/C20H17N3O5/c1-13(19(25)22-15-7-3-2-6-14(15)12-21)27-18(24)10-11-23-16-8-4-5-9-17(16)28-20(23)26/h2-9,13H,10-11H2,1H3,(H,22,25). The van der Waals surface area contributed by atoms with Crippen LogP contribution in [-0.4, -0.2) is 22.5 Å². The molecule has 8 heteroatoms. The molecule has 2 aromatic carbocycles. The number of hydrogen-bond acceptors (Lipinski definition) is 6. The second kappa shape index (κ2) is 8.22. The molecule has 1 aromatic heterocycles. The summed E-state index contributed by atoms with van der Waals surface area (Å²) in [5.41, 5.74) is 1.67. The lowest BCUT2D eigenvalue weighted by atomic mass is 10.2. The van der Waals surface area contributed by atoms with Crippen LogP contribution in [0.1, 0.15) is 18.9 Å². The molecule has 0 fully saturated rings. The van der Waals surface area contributed by atoms with Crippen molar-refractivity contribution in [1.82, 2.24) is 4.57 Å². The number of para-hydroxylation sites is 3. The molecule has 1 heterocycles. The van der Waals surface area contributed by atoms with Crippen LogP contribution in [0.2, 0.25) is 0 Å². The van der Waals surface area contributed by atoms with Crippen LogP contribution in [0, 0.1) is 11.3 Å². The number of rotatable bonds is 6. The van der Waals surface area contributed by atoms with E-state index in [1.807, 2.05) is 6.07 Å². The van der Waals surface area contributed by atoms with Gasteiger partial charge in [0, 0.05) is 6.54 Å². The molecule has 1 amide bonds. The monoisotopic (exact) mass is 379 g/mol. The zero-order chi connectivity index (χ0) is 20.1. The van der Waals surface area contributed by atoms with E-state index in [9.17, 15) is 14.4 Å². The first-order valence-electron chi connectivity index (χ1n) is 8.57. The zero-order valence-corrected chi connectivity index (χ0v) is 15.0. The predicted octanol–water partition coefficient (Wildman–Crippen LogP) is 2.43. The van der Waals surface area contributed by atoms with E-state index in [0.29, 0.717) is 22.4 Å². The fraction of sp³-hybridized carbons (Fsp3) is 0.200. The van der Waals surface area contributed by atoms with Crippen molar-refractivity contribution < 1.29 is 18.7 Å². The number of carbonyl (C=O) groups is 2. The number of nitrogens with zero attached hydrogens (tertiary/aromatic N) is 2. The average Bonchev–Trinajstić information content (AvgIpc) is 3.01. The Morgan fingerprint density at radius 2 is 1.93 bits per heavy atom. The van der Waals surface area contributed by atoms with Crippen LogP contribution in [0.3, 0.4) is 0 Å². The molecule has 3 rings (SSSR count). The van der Waals surface area contributed by atoms with Gasteiger partial charge in [0.1, 0.15) is 6.07 Å². The minimum atomic E-state index is -1.06. The van der Waals surface area contributed by atoms with Crippen LogP contribution in [0.25, 0.3) is 11.1 Å². The summed E-state index contributed by atoms with van der Waals surface area (Å²) >= 11 is 0. The fourth-order valence-corrected chi connectivity index (χ4v) is 2.66. The number of aromatic nitrogens is 1. The van der Waals surface area contributed by atoms with Crippen molar-refractivity contribution in [1.29, 1.82) is 5.26 Å². The summed E-state index contributed by atoms with van der Waals surface area (Å²) in [6.07, 6.45) is -1.16. The molecule has 8 nitrogen and oxygen atoms in total. The van der Waals surface area contributed by atoms with Gasteiger partial charge in [-0.3, -0.25) is 14.2 Å². The van der Waals surface area contributed by atoms with Crippen LogP contribution in [0.4, 0.5) is 5.69 Å². The predicted molar refractivity (Wildman–Crippen MR) is 100 cm³/mol. The Balaban J connectivity index is 1.58. The molecule has 0 spiro atoms. The molecule has 0 aliphatic rings. The maximum Gasteiger partial charge on any atom is 0.419 e. The average molecular weight is 379 g/mol. The normalized spacial score (nSPS) is 11.6. The molecule has 3 aromatic rings. The van der Waals surface area contributed by atoms with E-state index in [1.165, 1.54) is 11.5 Å². The molecular formula is C20H17N3O5. The topological polar surface area (TPSA) is 114 Å². The zero-order valence-electron chi connectivity index (χ0n) is 15.0. The Bertz CT molecular complexity index is 1120. The van der Waals surface area contributed by atoms with E-state index < -0.39 is 23.7 Å². The molecule has 1 atom stereocenters. The van der Waals surface area contributed by atoms with Gasteiger partial charge in [-0.2, -0.15) is 5.26 Å². The largest absolute Gasteiger partial charge is 0.452 e. The van der Waals surface area contributed by atoms with Crippen molar-refractivity contribution in [2.75, 3.05) is 5.32 Å². The van der Waals surface area contributed by atoms with Crippen LogP contribution in [0.5, 0.6) is 0 Å². The smallest absolute Gasteiger partial charge is 0.419 e. The van der Waals surface area contributed by atoms with Gasteiger partial charge >= 0.3 is 11.7 Å². The SMILES string of the molecule is CC(OC(=O)CCn1c(=O)oc2ccccc21)C(=O)Nc1ccccc1C#N. The van der Waals surface area contributed by atoms with Crippen molar-refractivity contribution in [3.63, 3.8) is 0 Å². The summed E-state index contributed by atoms with van der Waals surface area (Å²) < 4.78 is 11.6. The Kier molecular flexibility index (Phi) is 5.56. The molecule has 1 N–H and O–H groups in total. The van der Waals surface area contributed by atoms with Gasteiger partial charge < -0.3 is 14.5 Å². The van der Waals surface area contributed by atoms with Gasteiger partial charge in [-0.1, -0.05) is 24.3 Å². The molecular weight excluding hydrogens is 362 g/mol. The number of esters is 1. The van der Waals surface area contributed by atoms with Crippen molar-refractivity contribution >= 4 is 28.7 Å². The number of ether oxygens (including phenoxy) is 1. The maximum absolute atomic E-state index is 12.2. The van der Waals surface area contributed by atoms with E-state index in [1.54, 1.807) is 48.5 Å². The molecule has 0 saturated carbocycles. The second-order valence-corrected chi connectivity index (χ2v) is 6.02. The third kappa shape index (κ3) is 4.10. The van der Waals surface area contributed by atoms with Gasteiger partial charge in [-0.15, -0.1) is 0 Å². The minimum Gasteiger partial charge on any atom is -0.452 e. The van der Waals surface area contributed by atoms with Crippen molar-refractivity contribution in [2.24, 2.45) is 0 Å². The summed E-state index contributed by atoms with van der Waals surface area (Å²) in [5, 5.41) is 11.6. The van der Waals surface area contributed by atoms with E-state index in [2.05, 4.69) is 5.32 Å². The third-order valence-electron chi connectivity index (χ3n) is 4.10. The Labute approximate surface area is 159 Å². The maximum atomic E-state index is 12.2. The third-order valence-corrected chi connectivity index (χ3v) is 4.10. The summed E-state index contributed by atoms with van der Waals surface area (Å²) in [6.45, 7) is 1.50. The van der Waals surface area contributed by atoms with Crippen molar-refractivity contribution in [3.05, 3.63) is 64.6 Å². The quantitative estimate of drug-likeness (QED) is 0.658. The number of nitriles is 1. The number of carbonyl (C=O) groups excluding carboxylic acids is 2. The Hall–Kier alpha value is -3.86. The van der Waals surface area contributed by atoms with E-state index in [0.717, 1.165) is 0 Å².